The second-order valence-electron chi connectivity index (χ2n) is 6.21. The van der Waals surface area contributed by atoms with E-state index in [4.69, 9.17) is 0 Å². The number of likely N-dealkylation sites (tertiary alicyclic amines) is 1. The van der Waals surface area contributed by atoms with Crippen LogP contribution in [0.2, 0.25) is 0 Å². The average Bonchev–Trinajstić information content (AvgIpc) is 2.45. The molecule has 0 aromatic heterocycles. The van der Waals surface area contributed by atoms with Gasteiger partial charge in [0.1, 0.15) is 0 Å². The number of rotatable bonds is 5. The van der Waals surface area contributed by atoms with Crippen molar-refractivity contribution in [3.05, 3.63) is 34.3 Å². The van der Waals surface area contributed by atoms with Crippen LogP contribution >= 0.6 is 15.9 Å². The van der Waals surface area contributed by atoms with Crippen molar-refractivity contribution in [3.63, 3.8) is 0 Å². The van der Waals surface area contributed by atoms with Crippen molar-refractivity contribution in [2.75, 3.05) is 20.1 Å². The third kappa shape index (κ3) is 4.31. The van der Waals surface area contributed by atoms with Crippen LogP contribution in [0.1, 0.15) is 44.7 Å². The van der Waals surface area contributed by atoms with E-state index < -0.39 is 0 Å². The van der Waals surface area contributed by atoms with Gasteiger partial charge in [0.05, 0.1) is 0 Å². The molecule has 1 saturated heterocycles. The Morgan fingerprint density at radius 1 is 1.25 bits per heavy atom. The number of halogens is 1. The first-order valence-electron chi connectivity index (χ1n) is 7.77. The number of benzene rings is 1. The molecule has 1 aromatic carbocycles. The summed E-state index contributed by atoms with van der Waals surface area (Å²) in [7, 11) is 2.06. The molecule has 112 valence electrons. The van der Waals surface area contributed by atoms with Gasteiger partial charge in [-0.2, -0.15) is 0 Å². The predicted octanol–water partition coefficient (Wildman–Crippen LogP) is 4.22. The number of nitrogens with zero attached hydrogens (tertiary/aromatic N) is 1. The number of nitrogens with one attached hydrogen (secondary N) is 1. The summed E-state index contributed by atoms with van der Waals surface area (Å²) in [4.78, 5) is 2.66. The fraction of sp³-hybridized carbons (Fsp3) is 0.647. The molecule has 1 aliphatic heterocycles. The summed E-state index contributed by atoms with van der Waals surface area (Å²) in [5, 5.41) is 3.46. The normalized spacial score (nSPS) is 25.6. The lowest BCUT2D eigenvalue weighted by Gasteiger charge is -2.37. The summed E-state index contributed by atoms with van der Waals surface area (Å²) in [6.45, 7) is 7.20. The Bertz CT molecular complexity index is 404. The zero-order valence-electron chi connectivity index (χ0n) is 12.9. The standard InChI is InChI=1S/C17H27BrN2/c1-13-4-5-14(2)20(12-13)11-10-17(19-3)15-6-8-16(18)9-7-15/h6-9,13-14,17,19H,4-5,10-12H2,1-3H3. The smallest absolute Gasteiger partial charge is 0.0329 e. The summed E-state index contributed by atoms with van der Waals surface area (Å²) >= 11 is 3.50. The van der Waals surface area contributed by atoms with E-state index in [2.05, 4.69) is 71.3 Å². The molecule has 1 heterocycles. The van der Waals surface area contributed by atoms with E-state index in [0.717, 1.165) is 16.4 Å². The molecule has 1 N–H and O–H groups in total. The third-order valence-electron chi connectivity index (χ3n) is 4.57. The maximum absolute atomic E-state index is 3.50. The van der Waals surface area contributed by atoms with E-state index in [1.54, 1.807) is 0 Å². The predicted molar refractivity (Wildman–Crippen MR) is 90.0 cm³/mol. The Labute approximate surface area is 132 Å². The molecule has 1 aromatic rings. The molecule has 0 amide bonds. The molecule has 20 heavy (non-hydrogen) atoms. The average molecular weight is 339 g/mol. The van der Waals surface area contributed by atoms with Crippen molar-refractivity contribution >= 4 is 15.9 Å². The minimum atomic E-state index is 0.451. The summed E-state index contributed by atoms with van der Waals surface area (Å²) in [6, 6.07) is 9.89. The van der Waals surface area contributed by atoms with E-state index in [-0.39, 0.29) is 0 Å². The fourth-order valence-corrected chi connectivity index (χ4v) is 3.42. The van der Waals surface area contributed by atoms with Crippen LogP contribution in [0.4, 0.5) is 0 Å². The van der Waals surface area contributed by atoms with Crippen LogP contribution in [0.3, 0.4) is 0 Å². The highest BCUT2D eigenvalue weighted by molar-refractivity contribution is 9.10. The van der Waals surface area contributed by atoms with Crippen LogP contribution in [-0.2, 0) is 0 Å². The summed E-state index contributed by atoms with van der Waals surface area (Å²) in [6.07, 6.45) is 3.92. The Hall–Kier alpha value is -0.380. The van der Waals surface area contributed by atoms with E-state index in [1.165, 1.54) is 37.9 Å². The highest BCUT2D eigenvalue weighted by Crippen LogP contribution is 2.24. The molecule has 3 heteroatoms. The van der Waals surface area contributed by atoms with Crippen molar-refractivity contribution in [2.24, 2.45) is 5.92 Å². The lowest BCUT2D eigenvalue weighted by Crippen LogP contribution is -2.42. The van der Waals surface area contributed by atoms with Gasteiger partial charge in [-0.05, 0) is 56.8 Å². The molecular formula is C17H27BrN2. The molecule has 2 rings (SSSR count). The van der Waals surface area contributed by atoms with Crippen molar-refractivity contribution in [1.29, 1.82) is 0 Å². The number of hydrogen-bond donors (Lipinski definition) is 1. The van der Waals surface area contributed by atoms with Crippen molar-refractivity contribution in [2.45, 2.75) is 45.2 Å². The van der Waals surface area contributed by atoms with Gasteiger partial charge >= 0.3 is 0 Å². The fourth-order valence-electron chi connectivity index (χ4n) is 3.16. The van der Waals surface area contributed by atoms with Crippen molar-refractivity contribution in [1.82, 2.24) is 10.2 Å². The van der Waals surface area contributed by atoms with Crippen LogP contribution in [0.15, 0.2) is 28.7 Å². The van der Waals surface area contributed by atoms with Gasteiger partial charge in [-0.15, -0.1) is 0 Å². The minimum Gasteiger partial charge on any atom is -0.313 e. The van der Waals surface area contributed by atoms with Gasteiger partial charge in [-0.1, -0.05) is 35.0 Å². The second kappa shape index (κ2) is 7.58. The van der Waals surface area contributed by atoms with Gasteiger partial charge < -0.3 is 10.2 Å². The minimum absolute atomic E-state index is 0.451. The van der Waals surface area contributed by atoms with Gasteiger partial charge in [0.2, 0.25) is 0 Å². The maximum Gasteiger partial charge on any atom is 0.0329 e. The molecule has 1 fully saturated rings. The largest absolute Gasteiger partial charge is 0.313 e. The monoisotopic (exact) mass is 338 g/mol. The highest BCUT2D eigenvalue weighted by Gasteiger charge is 2.23. The second-order valence-corrected chi connectivity index (χ2v) is 7.12. The van der Waals surface area contributed by atoms with Gasteiger partial charge in [-0.3, -0.25) is 0 Å². The molecule has 0 spiro atoms. The number of piperidine rings is 1. The molecular weight excluding hydrogens is 312 g/mol. The first-order chi connectivity index (χ1) is 9.60. The third-order valence-corrected chi connectivity index (χ3v) is 5.10. The molecule has 0 radical (unpaired) electrons. The van der Waals surface area contributed by atoms with E-state index in [0.29, 0.717) is 6.04 Å². The Kier molecular flexibility index (Phi) is 6.06. The Morgan fingerprint density at radius 2 is 1.95 bits per heavy atom. The van der Waals surface area contributed by atoms with Gasteiger partial charge in [0, 0.05) is 29.6 Å². The lowest BCUT2D eigenvalue weighted by atomic mass is 9.94. The zero-order valence-corrected chi connectivity index (χ0v) is 14.5. The van der Waals surface area contributed by atoms with Crippen LogP contribution in [0.5, 0.6) is 0 Å². The van der Waals surface area contributed by atoms with Crippen LogP contribution < -0.4 is 5.32 Å². The Morgan fingerprint density at radius 3 is 2.60 bits per heavy atom. The van der Waals surface area contributed by atoms with Crippen molar-refractivity contribution in [3.8, 4) is 0 Å². The maximum atomic E-state index is 3.50. The van der Waals surface area contributed by atoms with Crippen LogP contribution in [-0.4, -0.2) is 31.1 Å². The molecule has 0 bridgehead atoms. The zero-order chi connectivity index (χ0) is 14.5. The molecule has 2 nitrogen and oxygen atoms in total. The quantitative estimate of drug-likeness (QED) is 0.864. The first kappa shape index (κ1) is 16.0. The van der Waals surface area contributed by atoms with E-state index in [1.807, 2.05) is 0 Å². The van der Waals surface area contributed by atoms with E-state index >= 15 is 0 Å². The van der Waals surface area contributed by atoms with Gasteiger partial charge in [0.15, 0.2) is 0 Å². The van der Waals surface area contributed by atoms with Gasteiger partial charge in [0.25, 0.3) is 0 Å². The summed E-state index contributed by atoms with van der Waals surface area (Å²) in [5.41, 5.74) is 1.38. The summed E-state index contributed by atoms with van der Waals surface area (Å²) < 4.78 is 1.15. The topological polar surface area (TPSA) is 15.3 Å². The first-order valence-corrected chi connectivity index (χ1v) is 8.56. The summed E-state index contributed by atoms with van der Waals surface area (Å²) in [5.74, 6) is 0.854. The lowest BCUT2D eigenvalue weighted by molar-refractivity contribution is 0.119. The van der Waals surface area contributed by atoms with E-state index in [9.17, 15) is 0 Å². The highest BCUT2D eigenvalue weighted by atomic mass is 79.9. The molecule has 3 atom stereocenters. The molecule has 0 saturated carbocycles. The van der Waals surface area contributed by atoms with Crippen molar-refractivity contribution < 1.29 is 0 Å². The number of hydrogen-bond acceptors (Lipinski definition) is 2. The SMILES string of the molecule is CNC(CCN1CC(C)CCC1C)c1ccc(Br)cc1. The molecule has 0 aliphatic carbocycles. The van der Waals surface area contributed by atoms with Crippen LogP contribution in [0.25, 0.3) is 0 Å². The Balaban J connectivity index is 1.91. The molecule has 1 aliphatic rings. The van der Waals surface area contributed by atoms with Crippen LogP contribution in [0, 0.1) is 5.92 Å². The van der Waals surface area contributed by atoms with Gasteiger partial charge in [-0.25, -0.2) is 0 Å². The molecule has 3 unspecified atom stereocenters.